The van der Waals surface area contributed by atoms with Crippen molar-refractivity contribution in [2.75, 3.05) is 13.6 Å². The highest BCUT2D eigenvalue weighted by atomic mass is 19.1. The third kappa shape index (κ3) is 4.00. The summed E-state index contributed by atoms with van der Waals surface area (Å²) in [6.45, 7) is 3.63. The summed E-state index contributed by atoms with van der Waals surface area (Å²) in [7, 11) is 1.96. The molecule has 1 aromatic rings. The molecule has 3 N–H and O–H groups in total. The van der Waals surface area contributed by atoms with Gasteiger partial charge in [0.15, 0.2) is 5.84 Å². The minimum atomic E-state index is -0.331. The molecule has 1 rings (SSSR count). The Morgan fingerprint density at radius 1 is 1.50 bits per heavy atom. The van der Waals surface area contributed by atoms with E-state index in [0.29, 0.717) is 17.7 Å². The highest BCUT2D eigenvalue weighted by Crippen LogP contribution is 2.12. The van der Waals surface area contributed by atoms with E-state index in [9.17, 15) is 4.39 Å². The Morgan fingerprint density at radius 3 is 2.78 bits per heavy atom. The molecule has 0 aliphatic rings. The zero-order valence-electron chi connectivity index (χ0n) is 10.9. The number of hydrogen-bond acceptors (Lipinski definition) is 3. The van der Waals surface area contributed by atoms with Gasteiger partial charge in [0, 0.05) is 17.7 Å². The van der Waals surface area contributed by atoms with Crippen molar-refractivity contribution in [1.82, 2.24) is 4.90 Å². The zero-order valence-corrected chi connectivity index (χ0v) is 10.9. The fourth-order valence-corrected chi connectivity index (χ4v) is 1.69. The summed E-state index contributed by atoms with van der Waals surface area (Å²) >= 11 is 0. The standard InChI is InChI=1S/C13H20FN3O/c1-3-4-7-17(2)9-11-6-5-10(8-12(11)14)13(15)16-18/h5-6,8,18H,3-4,7,9H2,1-2H3,(H2,15,16). The van der Waals surface area contributed by atoms with Gasteiger partial charge in [0.2, 0.25) is 0 Å². The number of benzene rings is 1. The summed E-state index contributed by atoms with van der Waals surface area (Å²) in [6.07, 6.45) is 2.22. The largest absolute Gasteiger partial charge is 0.409 e. The lowest BCUT2D eigenvalue weighted by Gasteiger charge is -2.16. The van der Waals surface area contributed by atoms with Crippen molar-refractivity contribution < 1.29 is 9.60 Å². The third-order valence-electron chi connectivity index (χ3n) is 2.79. The first-order valence-corrected chi connectivity index (χ1v) is 6.03. The van der Waals surface area contributed by atoms with E-state index in [1.807, 2.05) is 7.05 Å². The second kappa shape index (κ2) is 6.96. The number of nitrogens with two attached hydrogens (primary N) is 1. The normalized spacial score (nSPS) is 12.1. The second-order valence-electron chi connectivity index (χ2n) is 4.38. The van der Waals surface area contributed by atoms with E-state index in [1.54, 1.807) is 12.1 Å². The molecule has 0 spiro atoms. The van der Waals surface area contributed by atoms with Crippen LogP contribution in [0, 0.1) is 5.82 Å². The maximum Gasteiger partial charge on any atom is 0.170 e. The number of halogens is 1. The maximum atomic E-state index is 13.8. The van der Waals surface area contributed by atoms with Crippen LogP contribution in [0.4, 0.5) is 4.39 Å². The van der Waals surface area contributed by atoms with Gasteiger partial charge in [0.05, 0.1) is 0 Å². The van der Waals surface area contributed by atoms with E-state index >= 15 is 0 Å². The van der Waals surface area contributed by atoms with E-state index in [4.69, 9.17) is 10.9 Å². The second-order valence-corrected chi connectivity index (χ2v) is 4.38. The minimum absolute atomic E-state index is 0.0835. The summed E-state index contributed by atoms with van der Waals surface area (Å²) in [5.41, 5.74) is 6.40. The molecule has 0 radical (unpaired) electrons. The zero-order chi connectivity index (χ0) is 13.5. The number of nitrogens with zero attached hydrogens (tertiary/aromatic N) is 2. The van der Waals surface area contributed by atoms with Gasteiger partial charge in [-0.1, -0.05) is 30.6 Å². The van der Waals surface area contributed by atoms with Gasteiger partial charge in [-0.15, -0.1) is 0 Å². The summed E-state index contributed by atoms with van der Waals surface area (Å²) in [5.74, 6) is -0.415. The molecule has 0 aliphatic carbocycles. The average molecular weight is 253 g/mol. The van der Waals surface area contributed by atoms with Gasteiger partial charge in [-0.2, -0.15) is 0 Å². The van der Waals surface area contributed by atoms with Gasteiger partial charge in [-0.05, 0) is 26.1 Å². The summed E-state index contributed by atoms with van der Waals surface area (Å²) < 4.78 is 13.8. The summed E-state index contributed by atoms with van der Waals surface area (Å²) in [5, 5.41) is 11.4. The number of amidine groups is 1. The molecular formula is C13H20FN3O. The van der Waals surface area contributed by atoms with Crippen molar-refractivity contribution in [2.45, 2.75) is 26.3 Å². The van der Waals surface area contributed by atoms with Gasteiger partial charge in [0.1, 0.15) is 5.82 Å². The molecular weight excluding hydrogens is 233 g/mol. The molecule has 18 heavy (non-hydrogen) atoms. The van der Waals surface area contributed by atoms with Crippen LogP contribution in [0.15, 0.2) is 23.4 Å². The quantitative estimate of drug-likeness (QED) is 0.353. The van der Waals surface area contributed by atoms with Crippen LogP contribution in [0.5, 0.6) is 0 Å². The van der Waals surface area contributed by atoms with Gasteiger partial charge in [-0.3, -0.25) is 0 Å². The van der Waals surface area contributed by atoms with Gasteiger partial charge < -0.3 is 15.8 Å². The molecule has 0 saturated carbocycles. The molecule has 1 aromatic carbocycles. The number of unbranched alkanes of at least 4 members (excludes halogenated alkanes) is 1. The molecule has 4 nitrogen and oxygen atoms in total. The van der Waals surface area contributed by atoms with E-state index < -0.39 is 0 Å². The fourth-order valence-electron chi connectivity index (χ4n) is 1.69. The molecule has 0 amide bonds. The highest BCUT2D eigenvalue weighted by Gasteiger charge is 2.08. The Balaban J connectivity index is 2.74. The number of hydrogen-bond donors (Lipinski definition) is 2. The van der Waals surface area contributed by atoms with Crippen LogP contribution < -0.4 is 5.73 Å². The lowest BCUT2D eigenvalue weighted by molar-refractivity contribution is 0.315. The summed E-state index contributed by atoms with van der Waals surface area (Å²) in [4.78, 5) is 2.07. The molecule has 0 fully saturated rings. The molecule has 0 bridgehead atoms. The van der Waals surface area contributed by atoms with Gasteiger partial charge in [0.25, 0.3) is 0 Å². The van der Waals surface area contributed by atoms with Gasteiger partial charge in [-0.25, -0.2) is 4.39 Å². The average Bonchev–Trinajstić information content (AvgIpc) is 2.37. The minimum Gasteiger partial charge on any atom is -0.409 e. The molecule has 0 aromatic heterocycles. The van der Waals surface area contributed by atoms with Crippen LogP contribution in [0.25, 0.3) is 0 Å². The lowest BCUT2D eigenvalue weighted by Crippen LogP contribution is -2.20. The fraction of sp³-hybridized carbons (Fsp3) is 0.462. The maximum absolute atomic E-state index is 13.8. The predicted octanol–water partition coefficient (Wildman–Crippen LogP) is 2.15. The molecule has 100 valence electrons. The Morgan fingerprint density at radius 2 is 2.22 bits per heavy atom. The lowest BCUT2D eigenvalue weighted by atomic mass is 10.1. The molecule has 0 saturated heterocycles. The van der Waals surface area contributed by atoms with Crippen molar-refractivity contribution in [3.8, 4) is 0 Å². The van der Waals surface area contributed by atoms with Crippen LogP contribution in [0.3, 0.4) is 0 Å². The first-order chi connectivity index (χ1) is 8.58. The van der Waals surface area contributed by atoms with Crippen molar-refractivity contribution >= 4 is 5.84 Å². The first-order valence-electron chi connectivity index (χ1n) is 6.03. The number of rotatable bonds is 6. The first kappa shape index (κ1) is 14.4. The predicted molar refractivity (Wildman–Crippen MR) is 70.2 cm³/mol. The third-order valence-corrected chi connectivity index (χ3v) is 2.79. The molecule has 0 atom stereocenters. The Hall–Kier alpha value is -1.62. The Bertz CT molecular complexity index is 421. The van der Waals surface area contributed by atoms with Crippen LogP contribution in [0.2, 0.25) is 0 Å². The van der Waals surface area contributed by atoms with Crippen molar-refractivity contribution in [2.24, 2.45) is 10.9 Å². The van der Waals surface area contributed by atoms with Crippen molar-refractivity contribution in [3.63, 3.8) is 0 Å². The van der Waals surface area contributed by atoms with Crippen LogP contribution in [0.1, 0.15) is 30.9 Å². The van der Waals surface area contributed by atoms with E-state index in [0.717, 1.165) is 19.4 Å². The monoisotopic (exact) mass is 253 g/mol. The molecule has 0 aliphatic heterocycles. The van der Waals surface area contributed by atoms with E-state index in [2.05, 4.69) is 17.0 Å². The van der Waals surface area contributed by atoms with Crippen LogP contribution in [-0.2, 0) is 6.54 Å². The Kier molecular flexibility index (Phi) is 5.58. The Labute approximate surface area is 107 Å². The van der Waals surface area contributed by atoms with Gasteiger partial charge >= 0.3 is 0 Å². The van der Waals surface area contributed by atoms with Crippen molar-refractivity contribution in [3.05, 3.63) is 35.1 Å². The molecule has 0 heterocycles. The van der Waals surface area contributed by atoms with Crippen LogP contribution >= 0.6 is 0 Å². The smallest absolute Gasteiger partial charge is 0.170 e. The molecule has 5 heteroatoms. The molecule has 0 unspecified atom stereocenters. The van der Waals surface area contributed by atoms with Crippen LogP contribution in [-0.4, -0.2) is 29.5 Å². The summed E-state index contributed by atoms with van der Waals surface area (Å²) in [6, 6.07) is 4.62. The van der Waals surface area contributed by atoms with E-state index in [-0.39, 0.29) is 11.7 Å². The van der Waals surface area contributed by atoms with Crippen molar-refractivity contribution in [1.29, 1.82) is 0 Å². The number of oxime groups is 1. The SMILES string of the molecule is CCCCN(C)Cc1ccc(/C(N)=N/O)cc1F. The topological polar surface area (TPSA) is 61.8 Å². The highest BCUT2D eigenvalue weighted by molar-refractivity contribution is 5.97. The van der Waals surface area contributed by atoms with E-state index in [1.165, 1.54) is 6.07 Å².